The van der Waals surface area contributed by atoms with Crippen LogP contribution in [0.3, 0.4) is 0 Å². The van der Waals surface area contributed by atoms with Crippen LogP contribution in [0.1, 0.15) is 18.9 Å². The van der Waals surface area contributed by atoms with Crippen LogP contribution in [0.2, 0.25) is 0 Å². The smallest absolute Gasteiger partial charge is 0.304 e. The summed E-state index contributed by atoms with van der Waals surface area (Å²) in [6.45, 7) is 1.67. The minimum Gasteiger partial charge on any atom is -0.443 e. The summed E-state index contributed by atoms with van der Waals surface area (Å²) in [6.07, 6.45) is 0.106. The fourth-order valence-corrected chi connectivity index (χ4v) is 3.11. The molecule has 0 unspecified atom stereocenters. The van der Waals surface area contributed by atoms with Crippen molar-refractivity contribution in [1.29, 1.82) is 0 Å². The molecule has 3 rings (SSSR count). The molecule has 2 fully saturated rings. The molecule has 1 aromatic rings. The summed E-state index contributed by atoms with van der Waals surface area (Å²) in [5.74, 6) is -1.05. The highest BCUT2D eigenvalue weighted by molar-refractivity contribution is 6.00. The molecule has 1 heterocycles. The number of carbonyl (C=O) groups excluding carboxylic acids is 2. The van der Waals surface area contributed by atoms with Crippen LogP contribution < -0.4 is 0 Å². The Morgan fingerprint density at radius 1 is 1.43 bits per heavy atom. The molecule has 2 aliphatic rings. The van der Waals surface area contributed by atoms with Gasteiger partial charge in [-0.2, -0.15) is 0 Å². The molecule has 110 valence electrons. The number of benzene rings is 1. The highest BCUT2D eigenvalue weighted by Crippen LogP contribution is 2.52. The van der Waals surface area contributed by atoms with Crippen LogP contribution in [0.25, 0.3) is 0 Å². The Kier molecular flexibility index (Phi) is 3.02. The van der Waals surface area contributed by atoms with Gasteiger partial charge in [0.15, 0.2) is 5.78 Å². The maximum Gasteiger partial charge on any atom is 0.304 e. The van der Waals surface area contributed by atoms with Gasteiger partial charge in [-0.1, -0.05) is 0 Å². The number of hydrogen-bond acceptors (Lipinski definition) is 6. The normalized spacial score (nSPS) is 30.4. The third kappa shape index (κ3) is 1.84. The number of esters is 1. The number of nitro benzene ring substituents is 1. The Morgan fingerprint density at radius 2 is 2.10 bits per heavy atom. The number of nitrogens with zero attached hydrogens (tertiary/aromatic N) is 1. The van der Waals surface area contributed by atoms with Gasteiger partial charge in [-0.3, -0.25) is 19.7 Å². The van der Waals surface area contributed by atoms with E-state index < -0.39 is 22.6 Å². The van der Waals surface area contributed by atoms with Crippen LogP contribution in [-0.4, -0.2) is 29.4 Å². The standard InChI is InChI=1S/C14H13NO6/c1-8(16)21-14(12(17)11-6-7-20-13(11)14)9-2-4-10(5-3-9)15(18)19/h2-5,11,13H,6-7H2,1H3/t11-,13-,14-/m0/s1. The highest BCUT2D eigenvalue weighted by Gasteiger charge is 2.68. The van der Waals surface area contributed by atoms with Crippen LogP contribution in [0.15, 0.2) is 24.3 Å². The van der Waals surface area contributed by atoms with Crippen molar-refractivity contribution in [3.8, 4) is 0 Å². The van der Waals surface area contributed by atoms with E-state index in [4.69, 9.17) is 9.47 Å². The average Bonchev–Trinajstić information content (AvgIpc) is 2.90. The summed E-state index contributed by atoms with van der Waals surface area (Å²) < 4.78 is 10.8. The van der Waals surface area contributed by atoms with E-state index in [2.05, 4.69) is 0 Å². The second-order valence-electron chi connectivity index (χ2n) is 5.18. The van der Waals surface area contributed by atoms with Crippen molar-refractivity contribution in [2.45, 2.75) is 25.0 Å². The SMILES string of the molecule is CC(=O)O[C@@]1(c2ccc([N+](=O)[O-])cc2)C(=O)[C@@H]2CCO[C@@H]21. The van der Waals surface area contributed by atoms with Crippen LogP contribution in [0.4, 0.5) is 5.69 Å². The van der Waals surface area contributed by atoms with E-state index in [0.29, 0.717) is 18.6 Å². The number of rotatable bonds is 3. The summed E-state index contributed by atoms with van der Waals surface area (Å²) in [5.41, 5.74) is -1.13. The van der Waals surface area contributed by atoms with Gasteiger partial charge in [-0.25, -0.2) is 0 Å². The van der Waals surface area contributed by atoms with Gasteiger partial charge in [0.05, 0.1) is 10.8 Å². The predicted molar refractivity (Wildman–Crippen MR) is 69.4 cm³/mol. The van der Waals surface area contributed by atoms with E-state index in [9.17, 15) is 19.7 Å². The Hall–Kier alpha value is -2.28. The second-order valence-corrected chi connectivity index (χ2v) is 5.18. The molecule has 0 N–H and O–H groups in total. The molecule has 3 atom stereocenters. The fourth-order valence-electron chi connectivity index (χ4n) is 3.11. The molecule has 1 aliphatic heterocycles. The second kappa shape index (κ2) is 4.63. The number of ketones is 1. The lowest BCUT2D eigenvalue weighted by Gasteiger charge is -2.47. The third-order valence-electron chi connectivity index (χ3n) is 4.01. The number of Topliss-reactive ketones (excluding diaryl/α,β-unsaturated/α-hetero) is 1. The minimum absolute atomic E-state index is 0.0904. The number of nitro groups is 1. The molecule has 0 bridgehead atoms. The van der Waals surface area contributed by atoms with Crippen molar-refractivity contribution < 1.29 is 24.0 Å². The molecule has 7 nitrogen and oxygen atoms in total. The van der Waals surface area contributed by atoms with Crippen molar-refractivity contribution in [2.24, 2.45) is 5.92 Å². The van der Waals surface area contributed by atoms with Crippen molar-refractivity contribution in [3.63, 3.8) is 0 Å². The summed E-state index contributed by atoms with van der Waals surface area (Å²) in [5, 5.41) is 10.7. The topological polar surface area (TPSA) is 95.7 Å². The summed E-state index contributed by atoms with van der Waals surface area (Å²) >= 11 is 0. The van der Waals surface area contributed by atoms with E-state index in [1.807, 2.05) is 0 Å². The lowest BCUT2D eigenvalue weighted by atomic mass is 9.63. The fraction of sp³-hybridized carbons (Fsp3) is 0.429. The summed E-state index contributed by atoms with van der Waals surface area (Å²) in [4.78, 5) is 34.0. The molecular weight excluding hydrogens is 278 g/mol. The Balaban J connectivity index is 2.02. The first-order valence-corrected chi connectivity index (χ1v) is 6.57. The van der Waals surface area contributed by atoms with Gasteiger partial charge in [0, 0.05) is 31.2 Å². The predicted octanol–water partition coefficient (Wildman–Crippen LogP) is 1.34. The zero-order valence-corrected chi connectivity index (χ0v) is 11.3. The molecule has 0 spiro atoms. The third-order valence-corrected chi connectivity index (χ3v) is 4.01. The molecule has 7 heteroatoms. The lowest BCUT2D eigenvalue weighted by Crippen LogP contribution is -2.65. The van der Waals surface area contributed by atoms with Crippen molar-refractivity contribution in [2.75, 3.05) is 6.61 Å². The van der Waals surface area contributed by atoms with E-state index in [-0.39, 0.29) is 17.4 Å². The molecule has 1 aromatic carbocycles. The van der Waals surface area contributed by atoms with Crippen LogP contribution in [0, 0.1) is 16.0 Å². The van der Waals surface area contributed by atoms with E-state index in [1.54, 1.807) is 0 Å². The van der Waals surface area contributed by atoms with E-state index >= 15 is 0 Å². The van der Waals surface area contributed by atoms with Crippen LogP contribution in [0.5, 0.6) is 0 Å². The van der Waals surface area contributed by atoms with Gasteiger partial charge >= 0.3 is 5.97 Å². The van der Waals surface area contributed by atoms with Gasteiger partial charge in [0.2, 0.25) is 5.60 Å². The quantitative estimate of drug-likeness (QED) is 0.473. The van der Waals surface area contributed by atoms with E-state index in [0.717, 1.165) is 0 Å². The first-order valence-electron chi connectivity index (χ1n) is 6.57. The van der Waals surface area contributed by atoms with Gasteiger partial charge in [0.25, 0.3) is 5.69 Å². The molecule has 0 aromatic heterocycles. The summed E-state index contributed by atoms with van der Waals surface area (Å²) in [6, 6.07) is 5.46. The monoisotopic (exact) mass is 291 g/mol. The van der Waals surface area contributed by atoms with Crippen molar-refractivity contribution in [3.05, 3.63) is 39.9 Å². The highest BCUT2D eigenvalue weighted by atomic mass is 16.6. The molecular formula is C14H13NO6. The first-order chi connectivity index (χ1) is 9.96. The maximum atomic E-state index is 12.4. The number of hydrogen-bond donors (Lipinski definition) is 0. The molecule has 1 saturated heterocycles. The largest absolute Gasteiger partial charge is 0.443 e. The first kappa shape index (κ1) is 13.7. The average molecular weight is 291 g/mol. The zero-order chi connectivity index (χ0) is 15.2. The van der Waals surface area contributed by atoms with Crippen molar-refractivity contribution >= 4 is 17.4 Å². The van der Waals surface area contributed by atoms with Gasteiger partial charge in [0.1, 0.15) is 6.10 Å². The Bertz CT molecular complexity index is 625. The zero-order valence-electron chi connectivity index (χ0n) is 11.3. The Labute approximate surface area is 120 Å². The number of fused-ring (bicyclic) bond motifs is 1. The lowest BCUT2D eigenvalue weighted by molar-refractivity contribution is -0.384. The molecule has 1 saturated carbocycles. The van der Waals surface area contributed by atoms with Gasteiger partial charge in [-0.05, 0) is 18.6 Å². The minimum atomic E-state index is -1.46. The Morgan fingerprint density at radius 3 is 2.67 bits per heavy atom. The van der Waals surface area contributed by atoms with E-state index in [1.165, 1.54) is 31.2 Å². The molecule has 21 heavy (non-hydrogen) atoms. The summed E-state index contributed by atoms with van der Waals surface area (Å²) in [7, 11) is 0. The van der Waals surface area contributed by atoms with Crippen LogP contribution >= 0.6 is 0 Å². The molecule has 0 amide bonds. The number of non-ortho nitro benzene ring substituents is 1. The number of ether oxygens (including phenoxy) is 2. The molecule has 1 aliphatic carbocycles. The van der Waals surface area contributed by atoms with Gasteiger partial charge in [-0.15, -0.1) is 0 Å². The van der Waals surface area contributed by atoms with Crippen molar-refractivity contribution in [1.82, 2.24) is 0 Å². The van der Waals surface area contributed by atoms with Crippen LogP contribution in [-0.2, 0) is 24.7 Å². The molecule has 0 radical (unpaired) electrons. The van der Waals surface area contributed by atoms with Gasteiger partial charge < -0.3 is 9.47 Å². The maximum absolute atomic E-state index is 12.4. The number of carbonyl (C=O) groups is 2.